The molecule has 5 aromatic rings. The molecule has 5 atom stereocenters. The number of likely N-dealkylation sites (tertiary alicyclic amines) is 2. The number of imidazole rings is 2. The summed E-state index contributed by atoms with van der Waals surface area (Å²) >= 11 is 0. The van der Waals surface area contributed by atoms with E-state index < -0.39 is 18.2 Å². The SMILES string of the molecule is COC(=O)N[C@H](C(=O)N1CCC[C@H]1c1ncc(-c2ccc([C@H]3CC[C@@H](c4ccc(-c5cnc([C@@H]6CCCN6COCCC(C)C)[nH]5)cc4)N3c3ccc(C(C)(C)C)cc3)cc2)[nH]1)C(C)C.COC(N)=O. The van der Waals surface area contributed by atoms with Crippen LogP contribution in [0, 0.1) is 11.8 Å². The molecule has 0 saturated carbocycles. The standard InChI is InChI=1S/C53H70N8O4.C2H5NO2/c1-34(2)27-30-65-33-59-28-9-11-46(59)49-54-31-42(56-49)36-13-17-38(18-14-36)44-25-26-45(61(44)41-23-21-40(22-24-41)53(5,6)7)39-19-15-37(16-20-39)43-32-55-50(57-43)47-12-10-29-60(47)51(62)48(35(3)4)58-52(63)64-8;1-5-2(3)4/h13-24,31-32,34-35,44-48H,9-12,25-30,33H2,1-8H3,(H,54,56)(H,55,57)(H,58,63);1H3,(H2,3,4)/t44-,45+,46-,47-,48-;/m0./s1. The van der Waals surface area contributed by atoms with E-state index in [1.807, 2.05) is 31.1 Å². The summed E-state index contributed by atoms with van der Waals surface area (Å²) in [6.07, 6.45) is 9.55. The molecule has 8 rings (SSSR count). The van der Waals surface area contributed by atoms with E-state index in [1.165, 1.54) is 36.6 Å². The third-order valence-electron chi connectivity index (χ3n) is 14.0. The van der Waals surface area contributed by atoms with Crippen molar-refractivity contribution in [3.05, 3.63) is 114 Å². The fraction of sp³-hybridized carbons (Fsp3) is 0.509. The fourth-order valence-electron chi connectivity index (χ4n) is 10.0. The molecule has 3 aliphatic heterocycles. The van der Waals surface area contributed by atoms with Gasteiger partial charge in [-0.1, -0.05) is 109 Å². The van der Waals surface area contributed by atoms with Crippen LogP contribution in [-0.2, 0) is 24.4 Å². The Bertz CT molecular complexity index is 2480. The normalized spacial score (nSPS) is 19.9. The molecule has 0 spiro atoms. The molecule has 0 unspecified atom stereocenters. The van der Waals surface area contributed by atoms with Crippen molar-refractivity contribution in [1.29, 1.82) is 0 Å². The Labute approximate surface area is 414 Å². The number of carbonyl (C=O) groups excluding carboxylic acids is 3. The molecule has 3 amide bonds. The zero-order chi connectivity index (χ0) is 50.1. The summed E-state index contributed by atoms with van der Waals surface area (Å²) in [6, 6.07) is 27.0. The maximum Gasteiger partial charge on any atom is 0.407 e. The van der Waals surface area contributed by atoms with E-state index in [2.05, 4.69) is 143 Å². The number of nitrogens with one attached hydrogen (secondary N) is 3. The molecule has 70 heavy (non-hydrogen) atoms. The highest BCUT2D eigenvalue weighted by Gasteiger charge is 2.39. The first-order valence-electron chi connectivity index (χ1n) is 25.1. The summed E-state index contributed by atoms with van der Waals surface area (Å²) in [5.74, 6) is 2.22. The minimum Gasteiger partial charge on any atom is -0.453 e. The number of carbonyl (C=O) groups is 3. The average molecular weight is 958 g/mol. The van der Waals surface area contributed by atoms with E-state index in [4.69, 9.17) is 19.4 Å². The average Bonchev–Trinajstić information content (AvgIpc) is 4.22. The Morgan fingerprint density at radius 1 is 0.729 bits per heavy atom. The number of amides is 3. The van der Waals surface area contributed by atoms with Crippen LogP contribution in [0.5, 0.6) is 0 Å². The summed E-state index contributed by atoms with van der Waals surface area (Å²) in [6.45, 7) is 18.2. The maximum absolute atomic E-state index is 13.7. The minimum atomic E-state index is -0.745. The summed E-state index contributed by atoms with van der Waals surface area (Å²) in [7, 11) is 2.54. The number of alkyl carbamates (subject to hydrolysis) is 1. The smallest absolute Gasteiger partial charge is 0.407 e. The topological polar surface area (TPSA) is 184 Å². The van der Waals surface area contributed by atoms with E-state index >= 15 is 0 Å². The molecule has 376 valence electrons. The predicted molar refractivity (Wildman–Crippen MR) is 274 cm³/mol. The van der Waals surface area contributed by atoms with Crippen LogP contribution >= 0.6 is 0 Å². The van der Waals surface area contributed by atoms with Crippen LogP contribution in [0.3, 0.4) is 0 Å². The van der Waals surface area contributed by atoms with Crippen molar-refractivity contribution in [1.82, 2.24) is 35.1 Å². The second-order valence-electron chi connectivity index (χ2n) is 20.7. The van der Waals surface area contributed by atoms with Gasteiger partial charge in [0.2, 0.25) is 5.91 Å². The number of nitrogens with zero attached hydrogens (tertiary/aromatic N) is 5. The Morgan fingerprint density at radius 2 is 1.26 bits per heavy atom. The fourth-order valence-corrected chi connectivity index (χ4v) is 10.0. The number of aromatic amines is 2. The van der Waals surface area contributed by atoms with Crippen LogP contribution in [0.25, 0.3) is 22.5 Å². The summed E-state index contributed by atoms with van der Waals surface area (Å²) in [4.78, 5) is 59.0. The number of hydrogen-bond donors (Lipinski definition) is 4. The maximum atomic E-state index is 13.7. The highest BCUT2D eigenvalue weighted by molar-refractivity contribution is 5.86. The first-order chi connectivity index (χ1) is 33.6. The molecule has 0 radical (unpaired) electrons. The minimum absolute atomic E-state index is 0.0636. The van der Waals surface area contributed by atoms with E-state index in [1.54, 1.807) is 0 Å². The lowest BCUT2D eigenvalue weighted by Crippen LogP contribution is -2.51. The third kappa shape index (κ3) is 12.4. The van der Waals surface area contributed by atoms with Crippen LogP contribution in [-0.4, -0.2) is 94.5 Å². The van der Waals surface area contributed by atoms with Gasteiger partial charge in [0.1, 0.15) is 17.7 Å². The van der Waals surface area contributed by atoms with Gasteiger partial charge in [0.25, 0.3) is 0 Å². The van der Waals surface area contributed by atoms with Crippen molar-refractivity contribution >= 4 is 23.8 Å². The second kappa shape index (κ2) is 23.2. The summed E-state index contributed by atoms with van der Waals surface area (Å²) in [5.41, 5.74) is 13.8. The molecule has 3 fully saturated rings. The van der Waals surface area contributed by atoms with Crippen molar-refractivity contribution in [3.8, 4) is 22.5 Å². The van der Waals surface area contributed by atoms with Gasteiger partial charge in [-0.25, -0.2) is 19.6 Å². The van der Waals surface area contributed by atoms with Crippen molar-refractivity contribution in [2.45, 2.75) is 129 Å². The lowest BCUT2D eigenvalue weighted by molar-refractivity contribution is -0.135. The third-order valence-corrected chi connectivity index (χ3v) is 14.0. The Hall–Kier alpha value is -6.19. The highest BCUT2D eigenvalue weighted by Crippen LogP contribution is 2.48. The second-order valence-corrected chi connectivity index (χ2v) is 20.7. The molecule has 5 heterocycles. The number of H-pyrrole nitrogens is 2. The predicted octanol–water partition coefficient (Wildman–Crippen LogP) is 10.8. The monoisotopic (exact) mass is 958 g/mol. The van der Waals surface area contributed by atoms with Crippen molar-refractivity contribution in [2.75, 3.05) is 45.5 Å². The summed E-state index contributed by atoms with van der Waals surface area (Å²) in [5, 5.41) is 2.74. The summed E-state index contributed by atoms with van der Waals surface area (Å²) < 4.78 is 14.8. The zero-order valence-corrected chi connectivity index (χ0v) is 42.7. The molecule has 0 bridgehead atoms. The molecule has 3 aliphatic rings. The van der Waals surface area contributed by atoms with Crippen LogP contribution in [0.2, 0.25) is 0 Å². The van der Waals surface area contributed by atoms with Gasteiger partial charge in [-0.05, 0) is 102 Å². The van der Waals surface area contributed by atoms with Gasteiger partial charge in [-0.2, -0.15) is 0 Å². The number of nitrogens with two attached hydrogens (primary N) is 1. The van der Waals surface area contributed by atoms with Crippen molar-refractivity contribution in [3.63, 3.8) is 0 Å². The van der Waals surface area contributed by atoms with Crippen LogP contribution in [0.15, 0.2) is 85.2 Å². The zero-order valence-electron chi connectivity index (χ0n) is 42.7. The number of anilines is 1. The van der Waals surface area contributed by atoms with Gasteiger partial charge >= 0.3 is 12.2 Å². The van der Waals surface area contributed by atoms with Gasteiger partial charge in [0, 0.05) is 25.4 Å². The molecule has 5 N–H and O–H groups in total. The number of aromatic nitrogens is 4. The number of hydrogen-bond acceptors (Lipinski definition) is 10. The Balaban J connectivity index is 0.00000137. The van der Waals surface area contributed by atoms with Gasteiger partial charge in [-0.3, -0.25) is 9.69 Å². The molecular formula is C55H75N9O6. The first-order valence-corrected chi connectivity index (χ1v) is 25.1. The number of rotatable bonds is 15. The quantitative estimate of drug-likeness (QED) is 0.0737. The van der Waals surface area contributed by atoms with E-state index in [0.29, 0.717) is 19.2 Å². The molecule has 3 aromatic carbocycles. The van der Waals surface area contributed by atoms with Crippen molar-refractivity contribution < 1.29 is 28.6 Å². The Morgan fingerprint density at radius 3 is 1.76 bits per heavy atom. The molecule has 15 nitrogen and oxygen atoms in total. The highest BCUT2D eigenvalue weighted by atomic mass is 16.5. The van der Waals surface area contributed by atoms with Gasteiger partial charge in [-0.15, -0.1) is 0 Å². The van der Waals surface area contributed by atoms with E-state index in [0.717, 1.165) is 92.3 Å². The van der Waals surface area contributed by atoms with Crippen LogP contribution in [0.4, 0.5) is 15.3 Å². The molecule has 2 aromatic heterocycles. The lowest BCUT2D eigenvalue weighted by atomic mass is 9.87. The van der Waals surface area contributed by atoms with Gasteiger partial charge in [0.05, 0.1) is 68.9 Å². The van der Waals surface area contributed by atoms with Crippen molar-refractivity contribution in [2.24, 2.45) is 17.6 Å². The van der Waals surface area contributed by atoms with E-state index in [9.17, 15) is 14.4 Å². The number of primary amides is 1. The van der Waals surface area contributed by atoms with E-state index in [-0.39, 0.29) is 41.4 Å². The first kappa shape index (κ1) is 51.7. The lowest BCUT2D eigenvalue weighted by Gasteiger charge is -2.34. The molecule has 0 aliphatic carbocycles. The number of benzene rings is 3. The van der Waals surface area contributed by atoms with Gasteiger partial charge in [0.15, 0.2) is 0 Å². The van der Waals surface area contributed by atoms with Crippen LogP contribution in [0.1, 0.15) is 146 Å². The number of ether oxygens (including phenoxy) is 3. The van der Waals surface area contributed by atoms with Crippen LogP contribution < -0.4 is 16.0 Å². The molecule has 15 heteroatoms. The molecular weight excluding hydrogens is 883 g/mol. The largest absolute Gasteiger partial charge is 0.453 e. The van der Waals surface area contributed by atoms with Gasteiger partial charge < -0.3 is 45.0 Å². The molecule has 3 saturated heterocycles. The number of methoxy groups -OCH3 is 2. The Kier molecular flexibility index (Phi) is 17.1.